The van der Waals surface area contributed by atoms with Crippen LogP contribution in [0.4, 0.5) is 17.6 Å². The van der Waals surface area contributed by atoms with E-state index in [1.165, 1.54) is 0 Å². The molecule has 1 aromatic heterocycles. The van der Waals surface area contributed by atoms with Gasteiger partial charge in [0.15, 0.2) is 5.96 Å². The SMILES string of the molecule is CCNC(=NCc1ccc(F)cc1C(F)(F)F)NCCc1ccncc1C.I. The Kier molecular flexibility index (Phi) is 9.63. The number of pyridine rings is 1. The number of alkyl halides is 3. The molecule has 2 aromatic rings. The quantitative estimate of drug-likeness (QED) is 0.261. The van der Waals surface area contributed by atoms with Crippen LogP contribution in [0.5, 0.6) is 0 Å². The number of nitrogens with zero attached hydrogens (tertiary/aromatic N) is 2. The lowest BCUT2D eigenvalue weighted by atomic mass is 10.1. The van der Waals surface area contributed by atoms with Crippen LogP contribution in [0.1, 0.15) is 29.2 Å². The van der Waals surface area contributed by atoms with Gasteiger partial charge in [0.1, 0.15) is 5.82 Å². The molecular formula is C19H23F4IN4. The van der Waals surface area contributed by atoms with Gasteiger partial charge in [-0.05, 0) is 55.2 Å². The number of nitrogens with one attached hydrogen (secondary N) is 2. The molecule has 0 bridgehead atoms. The minimum absolute atomic E-state index is 0. The van der Waals surface area contributed by atoms with Gasteiger partial charge in [-0.3, -0.25) is 4.98 Å². The molecule has 0 saturated heterocycles. The lowest BCUT2D eigenvalue weighted by molar-refractivity contribution is -0.138. The second-order valence-electron chi connectivity index (χ2n) is 5.97. The van der Waals surface area contributed by atoms with E-state index in [0.29, 0.717) is 25.1 Å². The molecular weight excluding hydrogens is 487 g/mol. The van der Waals surface area contributed by atoms with Crippen LogP contribution in [-0.2, 0) is 19.1 Å². The van der Waals surface area contributed by atoms with Crippen LogP contribution in [0, 0.1) is 12.7 Å². The van der Waals surface area contributed by atoms with Crippen molar-refractivity contribution in [2.45, 2.75) is 33.0 Å². The van der Waals surface area contributed by atoms with Gasteiger partial charge in [-0.2, -0.15) is 13.2 Å². The van der Waals surface area contributed by atoms with E-state index >= 15 is 0 Å². The molecule has 2 N–H and O–H groups in total. The fourth-order valence-corrected chi connectivity index (χ4v) is 2.55. The van der Waals surface area contributed by atoms with Gasteiger partial charge in [0.05, 0.1) is 12.1 Å². The molecule has 0 aliphatic heterocycles. The van der Waals surface area contributed by atoms with E-state index in [4.69, 9.17) is 0 Å². The van der Waals surface area contributed by atoms with Gasteiger partial charge in [-0.15, -0.1) is 24.0 Å². The molecule has 0 radical (unpaired) electrons. The Morgan fingerprint density at radius 2 is 1.89 bits per heavy atom. The second-order valence-corrected chi connectivity index (χ2v) is 5.97. The van der Waals surface area contributed by atoms with Gasteiger partial charge < -0.3 is 10.6 Å². The van der Waals surface area contributed by atoms with Crippen LogP contribution in [0.3, 0.4) is 0 Å². The third-order valence-electron chi connectivity index (χ3n) is 3.95. The van der Waals surface area contributed by atoms with E-state index in [1.54, 1.807) is 12.4 Å². The Bertz CT molecular complexity index is 794. The first-order valence-electron chi connectivity index (χ1n) is 8.58. The number of benzene rings is 1. The van der Waals surface area contributed by atoms with Gasteiger partial charge in [-0.1, -0.05) is 6.07 Å². The first kappa shape index (κ1) is 24.1. The highest BCUT2D eigenvalue weighted by atomic mass is 127. The first-order valence-corrected chi connectivity index (χ1v) is 8.58. The van der Waals surface area contributed by atoms with Crippen molar-refractivity contribution in [2.24, 2.45) is 4.99 Å². The Hall–Kier alpha value is -1.91. The Morgan fingerprint density at radius 1 is 1.14 bits per heavy atom. The Balaban J connectivity index is 0.00000392. The summed E-state index contributed by atoms with van der Waals surface area (Å²) in [5.74, 6) is -0.519. The van der Waals surface area contributed by atoms with Crippen molar-refractivity contribution in [3.8, 4) is 0 Å². The van der Waals surface area contributed by atoms with Gasteiger partial charge >= 0.3 is 6.18 Å². The van der Waals surface area contributed by atoms with E-state index in [9.17, 15) is 17.6 Å². The molecule has 0 saturated carbocycles. The zero-order chi connectivity index (χ0) is 19.9. The standard InChI is InChI=1S/C19H22F4N4.HI/c1-3-25-18(26-9-7-14-6-8-24-11-13(14)2)27-12-15-4-5-16(20)10-17(15)19(21,22)23;/h4-6,8,10-11H,3,7,9,12H2,1-2H3,(H2,25,26,27);1H. The summed E-state index contributed by atoms with van der Waals surface area (Å²) in [7, 11) is 0. The van der Waals surface area contributed by atoms with Gasteiger partial charge in [0, 0.05) is 25.5 Å². The molecule has 28 heavy (non-hydrogen) atoms. The van der Waals surface area contributed by atoms with E-state index in [1.807, 2.05) is 19.9 Å². The van der Waals surface area contributed by atoms with Crippen molar-refractivity contribution in [2.75, 3.05) is 13.1 Å². The first-order chi connectivity index (χ1) is 12.8. The summed E-state index contributed by atoms with van der Waals surface area (Å²) in [5, 5.41) is 6.09. The van der Waals surface area contributed by atoms with Crippen LogP contribution in [0.2, 0.25) is 0 Å². The molecule has 0 amide bonds. The summed E-state index contributed by atoms with van der Waals surface area (Å²) in [4.78, 5) is 8.24. The van der Waals surface area contributed by atoms with Crippen LogP contribution in [-0.4, -0.2) is 24.0 Å². The predicted molar refractivity (Wildman–Crippen MR) is 112 cm³/mol. The number of hydrogen-bond donors (Lipinski definition) is 2. The zero-order valence-corrected chi connectivity index (χ0v) is 17.9. The van der Waals surface area contributed by atoms with Crippen LogP contribution in [0.15, 0.2) is 41.7 Å². The largest absolute Gasteiger partial charge is 0.416 e. The average Bonchev–Trinajstić information content (AvgIpc) is 2.61. The molecule has 0 unspecified atom stereocenters. The third kappa shape index (κ3) is 7.25. The van der Waals surface area contributed by atoms with E-state index < -0.39 is 17.6 Å². The van der Waals surface area contributed by atoms with E-state index in [2.05, 4.69) is 20.6 Å². The number of rotatable bonds is 6. The fourth-order valence-electron chi connectivity index (χ4n) is 2.55. The number of aliphatic imine (C=N–C) groups is 1. The molecule has 1 heterocycles. The number of hydrogen-bond acceptors (Lipinski definition) is 2. The summed E-state index contributed by atoms with van der Waals surface area (Å²) < 4.78 is 52.4. The van der Waals surface area contributed by atoms with Crippen molar-refractivity contribution in [3.05, 3.63) is 64.7 Å². The average molecular weight is 510 g/mol. The van der Waals surface area contributed by atoms with E-state index in [0.717, 1.165) is 29.7 Å². The Morgan fingerprint density at radius 3 is 2.54 bits per heavy atom. The number of aryl methyl sites for hydroxylation is 1. The van der Waals surface area contributed by atoms with Crippen molar-refractivity contribution in [1.82, 2.24) is 15.6 Å². The highest BCUT2D eigenvalue weighted by molar-refractivity contribution is 14.0. The summed E-state index contributed by atoms with van der Waals surface area (Å²) >= 11 is 0. The summed E-state index contributed by atoms with van der Waals surface area (Å²) in [6.45, 7) is 4.75. The number of aromatic nitrogens is 1. The summed E-state index contributed by atoms with van der Waals surface area (Å²) in [6.07, 6.45) is -0.405. The van der Waals surface area contributed by atoms with Crippen molar-refractivity contribution < 1.29 is 17.6 Å². The minimum Gasteiger partial charge on any atom is -0.357 e. The van der Waals surface area contributed by atoms with Crippen LogP contribution in [0.25, 0.3) is 0 Å². The van der Waals surface area contributed by atoms with Crippen molar-refractivity contribution in [3.63, 3.8) is 0 Å². The number of halogens is 5. The predicted octanol–water partition coefficient (Wildman–Crippen LogP) is 4.46. The summed E-state index contributed by atoms with van der Waals surface area (Å²) in [6, 6.07) is 4.55. The molecule has 0 spiro atoms. The number of guanidine groups is 1. The normalized spacial score (nSPS) is 11.7. The topological polar surface area (TPSA) is 49.3 Å². The maximum Gasteiger partial charge on any atom is 0.416 e. The molecule has 1 aromatic carbocycles. The lowest BCUT2D eigenvalue weighted by Gasteiger charge is -2.14. The maximum atomic E-state index is 13.2. The molecule has 0 fully saturated rings. The molecule has 4 nitrogen and oxygen atoms in total. The Labute approximate surface area is 178 Å². The molecule has 2 rings (SSSR count). The van der Waals surface area contributed by atoms with Gasteiger partial charge in [-0.25, -0.2) is 9.38 Å². The van der Waals surface area contributed by atoms with Crippen molar-refractivity contribution >= 4 is 29.9 Å². The molecule has 0 aliphatic rings. The van der Waals surface area contributed by atoms with Crippen molar-refractivity contribution in [1.29, 1.82) is 0 Å². The minimum atomic E-state index is -4.63. The zero-order valence-electron chi connectivity index (χ0n) is 15.6. The highest BCUT2D eigenvalue weighted by Crippen LogP contribution is 2.32. The monoisotopic (exact) mass is 510 g/mol. The lowest BCUT2D eigenvalue weighted by Crippen LogP contribution is -2.38. The molecule has 0 aliphatic carbocycles. The van der Waals surface area contributed by atoms with Crippen LogP contribution < -0.4 is 10.6 Å². The third-order valence-corrected chi connectivity index (χ3v) is 3.95. The second kappa shape index (κ2) is 11.2. The highest BCUT2D eigenvalue weighted by Gasteiger charge is 2.33. The molecule has 9 heteroatoms. The molecule has 0 atom stereocenters. The fraction of sp³-hybridized carbons (Fsp3) is 0.368. The van der Waals surface area contributed by atoms with Crippen LogP contribution >= 0.6 is 24.0 Å². The smallest absolute Gasteiger partial charge is 0.357 e. The van der Waals surface area contributed by atoms with E-state index in [-0.39, 0.29) is 36.1 Å². The molecule has 154 valence electrons. The van der Waals surface area contributed by atoms with Gasteiger partial charge in [0.2, 0.25) is 0 Å². The summed E-state index contributed by atoms with van der Waals surface area (Å²) in [5.41, 5.74) is 1.12. The maximum absolute atomic E-state index is 13.2. The van der Waals surface area contributed by atoms with Gasteiger partial charge in [0.25, 0.3) is 0 Å².